The number of aryl methyl sites for hydroxylation is 1. The van der Waals surface area contributed by atoms with Crippen LogP contribution < -0.4 is 4.74 Å². The zero-order valence-electron chi connectivity index (χ0n) is 8.66. The Kier molecular flexibility index (Phi) is 4.91. The van der Waals surface area contributed by atoms with Crippen LogP contribution in [0.2, 0.25) is 0 Å². The van der Waals surface area contributed by atoms with Crippen molar-refractivity contribution in [1.29, 1.82) is 0 Å². The van der Waals surface area contributed by atoms with Crippen molar-refractivity contribution in [2.75, 3.05) is 13.2 Å². The highest BCUT2D eigenvalue weighted by atomic mass is 79.9. The summed E-state index contributed by atoms with van der Waals surface area (Å²) in [6.45, 7) is 2.56. The summed E-state index contributed by atoms with van der Waals surface area (Å²) in [5.74, 6) is 0.615. The van der Waals surface area contributed by atoms with Crippen LogP contribution in [0.15, 0.2) is 16.6 Å². The number of aliphatic hydroxyl groups excluding tert-OH is 1. The Morgan fingerprint density at radius 1 is 1.40 bits per heavy atom. The predicted molar refractivity (Wildman–Crippen MR) is 62.4 cm³/mol. The van der Waals surface area contributed by atoms with Crippen molar-refractivity contribution in [2.24, 2.45) is 0 Å². The molecule has 0 amide bonds. The third-order valence-corrected chi connectivity index (χ3v) is 2.62. The molecule has 84 valence electrons. The fourth-order valence-electron chi connectivity index (χ4n) is 1.32. The van der Waals surface area contributed by atoms with E-state index in [4.69, 9.17) is 9.84 Å². The van der Waals surface area contributed by atoms with Gasteiger partial charge in [0.15, 0.2) is 11.5 Å². The maximum Gasteiger partial charge on any atom is 0.172 e. The Morgan fingerprint density at radius 3 is 2.73 bits per heavy atom. The van der Waals surface area contributed by atoms with Crippen LogP contribution >= 0.6 is 15.9 Å². The molecule has 0 aliphatic rings. The summed E-state index contributed by atoms with van der Waals surface area (Å²) in [6, 6.07) is 3.65. The number of hydrogen-bond donors (Lipinski definition) is 2. The number of halogens is 1. The minimum absolute atomic E-state index is 0.129. The van der Waals surface area contributed by atoms with Crippen molar-refractivity contribution in [1.82, 2.24) is 0 Å². The highest BCUT2D eigenvalue weighted by Gasteiger charge is 2.08. The summed E-state index contributed by atoms with van der Waals surface area (Å²) < 4.78 is 5.92. The molecule has 0 saturated heterocycles. The van der Waals surface area contributed by atoms with E-state index in [1.165, 1.54) is 0 Å². The van der Waals surface area contributed by atoms with E-state index >= 15 is 0 Å². The van der Waals surface area contributed by atoms with Gasteiger partial charge in [0.1, 0.15) is 0 Å². The fraction of sp³-hybridized carbons (Fsp3) is 0.455. The lowest BCUT2D eigenvalue weighted by molar-refractivity contribution is 0.288. The van der Waals surface area contributed by atoms with Crippen molar-refractivity contribution in [3.63, 3.8) is 0 Å². The SMILES string of the molecule is CCOc1cc(CCCO)cc(Br)c1O. The molecule has 0 aromatic heterocycles. The normalized spacial score (nSPS) is 10.3. The Labute approximate surface area is 97.8 Å². The number of ether oxygens (including phenoxy) is 1. The molecule has 0 atom stereocenters. The molecule has 0 aliphatic carbocycles. The van der Waals surface area contributed by atoms with Crippen molar-refractivity contribution >= 4 is 15.9 Å². The largest absolute Gasteiger partial charge is 0.503 e. The molecule has 0 fully saturated rings. The number of rotatable bonds is 5. The number of aromatic hydroxyl groups is 1. The van der Waals surface area contributed by atoms with Gasteiger partial charge in [-0.15, -0.1) is 0 Å². The molecule has 0 saturated carbocycles. The maximum absolute atomic E-state index is 9.66. The van der Waals surface area contributed by atoms with Gasteiger partial charge >= 0.3 is 0 Å². The zero-order chi connectivity index (χ0) is 11.3. The minimum atomic E-state index is 0.129. The Hall–Kier alpha value is -0.740. The summed E-state index contributed by atoms with van der Waals surface area (Å²) in [7, 11) is 0. The number of phenols is 1. The van der Waals surface area contributed by atoms with Gasteiger partial charge in [-0.2, -0.15) is 0 Å². The first-order valence-corrected chi connectivity index (χ1v) is 5.73. The lowest BCUT2D eigenvalue weighted by Crippen LogP contribution is -1.95. The molecular weight excluding hydrogens is 260 g/mol. The average Bonchev–Trinajstić information content (AvgIpc) is 2.22. The Balaban J connectivity index is 2.90. The first-order valence-electron chi connectivity index (χ1n) is 4.94. The number of phenolic OH excluding ortho intramolecular Hbond substituents is 1. The highest BCUT2D eigenvalue weighted by molar-refractivity contribution is 9.10. The molecular formula is C11H15BrO3. The van der Waals surface area contributed by atoms with E-state index in [2.05, 4.69) is 15.9 Å². The number of benzene rings is 1. The van der Waals surface area contributed by atoms with Crippen LogP contribution in [0, 0.1) is 0 Å². The zero-order valence-corrected chi connectivity index (χ0v) is 10.2. The second-order valence-electron chi connectivity index (χ2n) is 3.18. The topological polar surface area (TPSA) is 49.7 Å². The van der Waals surface area contributed by atoms with E-state index in [0.717, 1.165) is 12.0 Å². The van der Waals surface area contributed by atoms with Crippen molar-refractivity contribution in [3.8, 4) is 11.5 Å². The summed E-state index contributed by atoms with van der Waals surface area (Å²) in [6.07, 6.45) is 1.48. The molecule has 0 radical (unpaired) electrons. The van der Waals surface area contributed by atoms with Crippen LogP contribution in [0.4, 0.5) is 0 Å². The summed E-state index contributed by atoms with van der Waals surface area (Å²) in [5.41, 5.74) is 1.04. The highest BCUT2D eigenvalue weighted by Crippen LogP contribution is 2.35. The maximum atomic E-state index is 9.66. The van der Waals surface area contributed by atoms with Crippen LogP contribution in [0.1, 0.15) is 18.9 Å². The molecule has 0 heterocycles. The second-order valence-corrected chi connectivity index (χ2v) is 4.04. The van der Waals surface area contributed by atoms with Gasteiger partial charge in [-0.1, -0.05) is 0 Å². The van der Waals surface area contributed by atoms with Gasteiger partial charge in [0, 0.05) is 6.61 Å². The van der Waals surface area contributed by atoms with E-state index in [1.54, 1.807) is 6.07 Å². The van der Waals surface area contributed by atoms with Crippen molar-refractivity contribution in [2.45, 2.75) is 19.8 Å². The van der Waals surface area contributed by atoms with E-state index in [1.807, 2.05) is 13.0 Å². The smallest absolute Gasteiger partial charge is 0.172 e. The van der Waals surface area contributed by atoms with Gasteiger partial charge in [0.2, 0.25) is 0 Å². The van der Waals surface area contributed by atoms with E-state index in [9.17, 15) is 5.11 Å². The van der Waals surface area contributed by atoms with Crippen LogP contribution in [-0.2, 0) is 6.42 Å². The van der Waals surface area contributed by atoms with E-state index in [-0.39, 0.29) is 12.4 Å². The third-order valence-electron chi connectivity index (χ3n) is 2.01. The van der Waals surface area contributed by atoms with Crippen LogP contribution in [0.25, 0.3) is 0 Å². The van der Waals surface area contributed by atoms with Crippen molar-refractivity contribution in [3.05, 3.63) is 22.2 Å². The lowest BCUT2D eigenvalue weighted by atomic mass is 10.1. The molecule has 1 rings (SSSR count). The fourth-order valence-corrected chi connectivity index (χ4v) is 1.81. The second kappa shape index (κ2) is 5.98. The lowest BCUT2D eigenvalue weighted by Gasteiger charge is -2.09. The van der Waals surface area contributed by atoms with Crippen LogP contribution in [0.3, 0.4) is 0 Å². The first-order chi connectivity index (χ1) is 7.19. The average molecular weight is 275 g/mol. The monoisotopic (exact) mass is 274 g/mol. The van der Waals surface area contributed by atoms with E-state index < -0.39 is 0 Å². The first kappa shape index (κ1) is 12.3. The van der Waals surface area contributed by atoms with Gasteiger partial charge in [0.25, 0.3) is 0 Å². The molecule has 0 bridgehead atoms. The quantitative estimate of drug-likeness (QED) is 0.868. The molecule has 3 nitrogen and oxygen atoms in total. The number of aliphatic hydroxyl groups is 1. The molecule has 0 unspecified atom stereocenters. The Bertz CT molecular complexity index is 326. The third kappa shape index (κ3) is 3.39. The Morgan fingerprint density at radius 2 is 2.13 bits per heavy atom. The van der Waals surface area contributed by atoms with Gasteiger partial charge in [0.05, 0.1) is 11.1 Å². The summed E-state index contributed by atoms with van der Waals surface area (Å²) in [5, 5.41) is 18.4. The van der Waals surface area contributed by atoms with Gasteiger partial charge in [-0.25, -0.2) is 0 Å². The van der Waals surface area contributed by atoms with Crippen molar-refractivity contribution < 1.29 is 14.9 Å². The van der Waals surface area contributed by atoms with E-state index in [0.29, 0.717) is 23.2 Å². The number of hydrogen-bond acceptors (Lipinski definition) is 3. The minimum Gasteiger partial charge on any atom is -0.503 e. The van der Waals surface area contributed by atoms with Crippen LogP contribution in [0.5, 0.6) is 11.5 Å². The van der Waals surface area contributed by atoms with Gasteiger partial charge < -0.3 is 14.9 Å². The van der Waals surface area contributed by atoms with Crippen LogP contribution in [-0.4, -0.2) is 23.4 Å². The summed E-state index contributed by atoms with van der Waals surface area (Å²) >= 11 is 3.27. The molecule has 1 aromatic rings. The molecule has 2 N–H and O–H groups in total. The van der Waals surface area contributed by atoms with Gasteiger partial charge in [-0.3, -0.25) is 0 Å². The molecule has 15 heavy (non-hydrogen) atoms. The predicted octanol–water partition coefficient (Wildman–Crippen LogP) is 2.48. The molecule has 1 aromatic carbocycles. The standard InChI is InChI=1S/C11H15BrO3/c1-2-15-10-7-8(4-3-5-13)6-9(12)11(10)14/h6-7,13-14H,2-5H2,1H3. The molecule has 0 spiro atoms. The molecule has 0 aliphatic heterocycles. The van der Waals surface area contributed by atoms with Gasteiger partial charge in [-0.05, 0) is 53.4 Å². The summed E-state index contributed by atoms with van der Waals surface area (Å²) in [4.78, 5) is 0. The molecule has 4 heteroatoms.